The number of nitrogen functional groups attached to an aromatic ring is 1. The normalized spacial score (nSPS) is 11.8. The van der Waals surface area contributed by atoms with Gasteiger partial charge in [0.25, 0.3) is 0 Å². The molecule has 112 valence electrons. The highest BCUT2D eigenvalue weighted by molar-refractivity contribution is 7.89. The molecule has 2 rings (SSSR count). The molecule has 0 aliphatic rings. The van der Waals surface area contributed by atoms with E-state index in [1.807, 2.05) is 0 Å². The predicted molar refractivity (Wildman–Crippen MR) is 77.6 cm³/mol. The summed E-state index contributed by atoms with van der Waals surface area (Å²) in [6.07, 6.45) is 0. The molecule has 3 N–H and O–H groups in total. The summed E-state index contributed by atoms with van der Waals surface area (Å²) in [5.74, 6) is -0.720. The van der Waals surface area contributed by atoms with E-state index in [0.717, 1.165) is 16.4 Å². The van der Waals surface area contributed by atoms with Crippen molar-refractivity contribution in [3.05, 3.63) is 53.8 Å². The van der Waals surface area contributed by atoms with E-state index in [-0.39, 0.29) is 22.9 Å². The van der Waals surface area contributed by atoms with Crippen LogP contribution in [0.2, 0.25) is 0 Å². The summed E-state index contributed by atoms with van der Waals surface area (Å²) in [7, 11) is -2.55. The van der Waals surface area contributed by atoms with E-state index in [4.69, 9.17) is 5.73 Å². The van der Waals surface area contributed by atoms with Crippen molar-refractivity contribution in [1.29, 1.82) is 0 Å². The molecule has 0 aliphatic heterocycles. The summed E-state index contributed by atoms with van der Waals surface area (Å²) >= 11 is 0. The lowest BCUT2D eigenvalue weighted by Gasteiger charge is -2.18. The van der Waals surface area contributed by atoms with E-state index in [0.29, 0.717) is 5.56 Å². The maximum Gasteiger partial charge on any atom is 0.243 e. The number of anilines is 1. The molecule has 21 heavy (non-hydrogen) atoms. The standard InChI is InChI=1S/C14H15FN2O3S/c1-17(9-10-4-2-3-5-14(10)18)21(19,20)13-7-11(15)6-12(16)8-13/h2-8,18H,9,16H2,1H3. The highest BCUT2D eigenvalue weighted by Gasteiger charge is 2.22. The van der Waals surface area contributed by atoms with Gasteiger partial charge in [-0.2, -0.15) is 4.31 Å². The van der Waals surface area contributed by atoms with E-state index in [2.05, 4.69) is 0 Å². The quantitative estimate of drug-likeness (QED) is 0.845. The van der Waals surface area contributed by atoms with Crippen LogP contribution in [0.4, 0.5) is 10.1 Å². The largest absolute Gasteiger partial charge is 0.508 e. The first kappa shape index (κ1) is 15.3. The Hall–Kier alpha value is -2.12. The van der Waals surface area contributed by atoms with E-state index < -0.39 is 15.8 Å². The molecule has 0 fully saturated rings. The van der Waals surface area contributed by atoms with Crippen molar-refractivity contribution in [2.24, 2.45) is 0 Å². The third kappa shape index (κ3) is 3.32. The maximum atomic E-state index is 13.3. The van der Waals surface area contributed by atoms with Crippen molar-refractivity contribution < 1.29 is 17.9 Å². The van der Waals surface area contributed by atoms with Gasteiger partial charge < -0.3 is 10.8 Å². The van der Waals surface area contributed by atoms with Gasteiger partial charge in [0.15, 0.2) is 0 Å². The van der Waals surface area contributed by atoms with Crippen molar-refractivity contribution in [1.82, 2.24) is 4.31 Å². The molecule has 0 bridgehead atoms. The molecular weight excluding hydrogens is 295 g/mol. The second kappa shape index (κ2) is 5.71. The van der Waals surface area contributed by atoms with Crippen LogP contribution in [0.15, 0.2) is 47.4 Å². The Morgan fingerprint density at radius 1 is 1.24 bits per heavy atom. The van der Waals surface area contributed by atoms with Crippen molar-refractivity contribution in [3.63, 3.8) is 0 Å². The Morgan fingerprint density at radius 3 is 2.52 bits per heavy atom. The summed E-state index contributed by atoms with van der Waals surface area (Å²) in [6, 6.07) is 9.56. The summed E-state index contributed by atoms with van der Waals surface area (Å²) in [6.45, 7) is -0.0363. The SMILES string of the molecule is CN(Cc1ccccc1O)S(=O)(=O)c1cc(N)cc(F)c1. The number of nitrogens with two attached hydrogens (primary N) is 1. The van der Waals surface area contributed by atoms with Crippen molar-refractivity contribution in [2.75, 3.05) is 12.8 Å². The van der Waals surface area contributed by atoms with Crippen LogP contribution in [0, 0.1) is 5.82 Å². The van der Waals surface area contributed by atoms with Crippen LogP contribution in [-0.4, -0.2) is 24.9 Å². The van der Waals surface area contributed by atoms with Crippen LogP contribution in [0.3, 0.4) is 0 Å². The molecule has 2 aromatic rings. The van der Waals surface area contributed by atoms with Crippen LogP contribution in [0.1, 0.15) is 5.56 Å². The van der Waals surface area contributed by atoms with E-state index in [1.54, 1.807) is 18.2 Å². The fourth-order valence-electron chi connectivity index (χ4n) is 1.88. The molecule has 0 unspecified atom stereocenters. The highest BCUT2D eigenvalue weighted by atomic mass is 32.2. The van der Waals surface area contributed by atoms with E-state index in [1.165, 1.54) is 19.2 Å². The summed E-state index contributed by atoms with van der Waals surface area (Å²) in [5.41, 5.74) is 5.95. The van der Waals surface area contributed by atoms with E-state index >= 15 is 0 Å². The smallest absolute Gasteiger partial charge is 0.243 e. The number of aromatic hydroxyl groups is 1. The Kier molecular flexibility index (Phi) is 4.15. The number of rotatable bonds is 4. The molecule has 7 heteroatoms. The first-order valence-electron chi connectivity index (χ1n) is 6.10. The number of halogens is 1. The number of sulfonamides is 1. The highest BCUT2D eigenvalue weighted by Crippen LogP contribution is 2.23. The molecule has 0 saturated heterocycles. The third-order valence-electron chi connectivity index (χ3n) is 2.99. The average Bonchev–Trinajstić information content (AvgIpc) is 2.40. The van der Waals surface area contributed by atoms with Gasteiger partial charge in [-0.25, -0.2) is 12.8 Å². The molecule has 0 aliphatic carbocycles. The lowest BCUT2D eigenvalue weighted by molar-refractivity contribution is 0.435. The Labute approximate surface area is 122 Å². The number of phenols is 1. The first-order chi connectivity index (χ1) is 9.80. The second-order valence-electron chi connectivity index (χ2n) is 4.61. The molecule has 0 amide bonds. The molecule has 5 nitrogen and oxygen atoms in total. The second-order valence-corrected chi connectivity index (χ2v) is 6.65. The average molecular weight is 310 g/mol. The van der Waals surface area contributed by atoms with Crippen LogP contribution in [0.5, 0.6) is 5.75 Å². The van der Waals surface area contributed by atoms with Gasteiger partial charge in [-0.1, -0.05) is 18.2 Å². The zero-order chi connectivity index (χ0) is 15.6. The molecular formula is C14H15FN2O3S. The lowest BCUT2D eigenvalue weighted by Crippen LogP contribution is -2.26. The zero-order valence-corrected chi connectivity index (χ0v) is 12.1. The molecule has 0 atom stereocenters. The number of nitrogens with zero attached hydrogens (tertiary/aromatic N) is 1. The minimum Gasteiger partial charge on any atom is -0.508 e. The van der Waals surface area contributed by atoms with Gasteiger partial charge in [0.1, 0.15) is 11.6 Å². The van der Waals surface area contributed by atoms with Crippen molar-refractivity contribution in [3.8, 4) is 5.75 Å². The van der Waals surface area contributed by atoms with Crippen LogP contribution < -0.4 is 5.73 Å². The minimum absolute atomic E-state index is 0.00157. The Morgan fingerprint density at radius 2 is 1.90 bits per heavy atom. The number of phenolic OH excluding ortho intramolecular Hbond substituents is 1. The molecule has 0 heterocycles. The summed E-state index contributed by atoms with van der Waals surface area (Å²) in [5, 5.41) is 9.68. The minimum atomic E-state index is -3.90. The Bertz CT molecular complexity index is 742. The number of hydrogen-bond donors (Lipinski definition) is 2. The fraction of sp³-hybridized carbons (Fsp3) is 0.143. The number of para-hydroxylation sites is 1. The summed E-state index contributed by atoms with van der Waals surface area (Å²) < 4.78 is 39.1. The van der Waals surface area contributed by atoms with E-state index in [9.17, 15) is 17.9 Å². The van der Waals surface area contributed by atoms with Gasteiger partial charge in [-0.05, 0) is 24.3 Å². The molecule has 0 spiro atoms. The predicted octanol–water partition coefficient (Wildman–Crippen LogP) is 1.93. The third-order valence-corrected chi connectivity index (χ3v) is 4.77. The van der Waals surface area contributed by atoms with Gasteiger partial charge in [-0.15, -0.1) is 0 Å². The number of benzene rings is 2. The molecule has 0 saturated carbocycles. The first-order valence-corrected chi connectivity index (χ1v) is 7.54. The number of hydrogen-bond acceptors (Lipinski definition) is 4. The van der Waals surface area contributed by atoms with Gasteiger partial charge in [0.05, 0.1) is 4.90 Å². The summed E-state index contributed by atoms with van der Waals surface area (Å²) in [4.78, 5) is -0.224. The zero-order valence-electron chi connectivity index (χ0n) is 11.3. The Balaban J connectivity index is 2.33. The van der Waals surface area contributed by atoms with Crippen LogP contribution in [0.25, 0.3) is 0 Å². The molecule has 0 aromatic heterocycles. The van der Waals surface area contributed by atoms with Crippen molar-refractivity contribution >= 4 is 15.7 Å². The van der Waals surface area contributed by atoms with Crippen molar-refractivity contribution in [2.45, 2.75) is 11.4 Å². The van der Waals surface area contributed by atoms with Gasteiger partial charge >= 0.3 is 0 Å². The van der Waals surface area contributed by atoms with Crippen LogP contribution in [-0.2, 0) is 16.6 Å². The molecule has 2 aromatic carbocycles. The van der Waals surface area contributed by atoms with Crippen LogP contribution >= 0.6 is 0 Å². The van der Waals surface area contributed by atoms with Gasteiger partial charge in [0.2, 0.25) is 10.0 Å². The van der Waals surface area contributed by atoms with Gasteiger partial charge in [-0.3, -0.25) is 0 Å². The lowest BCUT2D eigenvalue weighted by atomic mass is 10.2. The topological polar surface area (TPSA) is 83.6 Å². The maximum absolute atomic E-state index is 13.3. The van der Waals surface area contributed by atoms with Gasteiger partial charge in [0, 0.05) is 24.8 Å². The molecule has 0 radical (unpaired) electrons. The fourth-order valence-corrected chi connectivity index (χ4v) is 3.10. The monoisotopic (exact) mass is 310 g/mol.